The normalized spacial score (nSPS) is 12.0. The van der Waals surface area contributed by atoms with Gasteiger partial charge in [-0.1, -0.05) is 0 Å². The number of carbonyl (C=O) groups excluding carboxylic acids is 1. The molecule has 5 nitrogen and oxygen atoms in total. The Bertz CT molecular complexity index is 330. The van der Waals surface area contributed by atoms with Crippen molar-refractivity contribution in [3.8, 4) is 0 Å². The lowest BCUT2D eigenvalue weighted by Gasteiger charge is -2.09. The van der Waals surface area contributed by atoms with E-state index in [0.29, 0.717) is 18.6 Å². The fourth-order valence-corrected chi connectivity index (χ4v) is 2.76. The van der Waals surface area contributed by atoms with Gasteiger partial charge in [0.15, 0.2) is 0 Å². The van der Waals surface area contributed by atoms with Gasteiger partial charge in [-0.2, -0.15) is 11.8 Å². The molecule has 0 radical (unpaired) electrons. The lowest BCUT2D eigenvalue weighted by Crippen LogP contribution is -2.36. The highest BCUT2D eigenvalue weighted by Gasteiger charge is 2.15. The minimum atomic E-state index is -0.998. The molecular weight excluding hydrogens is 248 g/mol. The number of aromatic nitrogens is 1. The van der Waals surface area contributed by atoms with Gasteiger partial charge in [0.1, 0.15) is 11.0 Å². The third-order valence-electron chi connectivity index (χ3n) is 1.83. The van der Waals surface area contributed by atoms with Crippen molar-refractivity contribution in [1.29, 1.82) is 0 Å². The maximum absolute atomic E-state index is 10.7. The molecule has 0 fully saturated rings. The van der Waals surface area contributed by atoms with Crippen molar-refractivity contribution >= 4 is 35.5 Å². The minimum absolute atomic E-state index is 0.421. The molecule has 1 amide bonds. The van der Waals surface area contributed by atoms with Gasteiger partial charge in [0, 0.05) is 17.3 Å². The molecule has 88 valence electrons. The van der Waals surface area contributed by atoms with Crippen molar-refractivity contribution in [1.82, 2.24) is 10.3 Å². The standard InChI is InChI=1S/C9H12N2O3S2/c12-6-11-7(9(13)14)1-3-15-5-8-10-2-4-16-8/h2,4,6-7H,1,3,5H2,(H,11,12)(H,13,14). The molecule has 7 heteroatoms. The van der Waals surface area contributed by atoms with E-state index in [1.165, 1.54) is 0 Å². The topological polar surface area (TPSA) is 79.3 Å². The highest BCUT2D eigenvalue weighted by Crippen LogP contribution is 2.15. The van der Waals surface area contributed by atoms with Crippen molar-refractivity contribution in [3.63, 3.8) is 0 Å². The number of carboxylic acids is 1. The first-order valence-electron chi connectivity index (χ1n) is 4.62. The molecule has 1 atom stereocenters. The summed E-state index contributed by atoms with van der Waals surface area (Å²) < 4.78 is 0. The summed E-state index contributed by atoms with van der Waals surface area (Å²) in [5.41, 5.74) is 0. The summed E-state index contributed by atoms with van der Waals surface area (Å²) >= 11 is 3.19. The molecule has 1 rings (SSSR count). The zero-order valence-electron chi connectivity index (χ0n) is 8.46. The van der Waals surface area contributed by atoms with Crippen molar-refractivity contribution in [2.75, 3.05) is 5.75 Å². The maximum atomic E-state index is 10.7. The number of hydrogen-bond donors (Lipinski definition) is 2. The van der Waals surface area contributed by atoms with Crippen LogP contribution in [0.1, 0.15) is 11.4 Å². The van der Waals surface area contributed by atoms with Gasteiger partial charge in [0.2, 0.25) is 6.41 Å². The van der Waals surface area contributed by atoms with Crippen LogP contribution in [0.5, 0.6) is 0 Å². The Labute approximate surface area is 101 Å². The summed E-state index contributed by atoms with van der Waals surface area (Å²) in [5.74, 6) is 0.463. The highest BCUT2D eigenvalue weighted by atomic mass is 32.2. The van der Waals surface area contributed by atoms with Crippen LogP contribution in [0, 0.1) is 0 Å². The van der Waals surface area contributed by atoms with E-state index in [4.69, 9.17) is 5.11 Å². The molecule has 0 bridgehead atoms. The van der Waals surface area contributed by atoms with Crippen molar-refractivity contribution in [2.24, 2.45) is 0 Å². The van der Waals surface area contributed by atoms with E-state index in [9.17, 15) is 9.59 Å². The van der Waals surface area contributed by atoms with Gasteiger partial charge in [-0.15, -0.1) is 11.3 Å². The van der Waals surface area contributed by atoms with E-state index in [-0.39, 0.29) is 0 Å². The van der Waals surface area contributed by atoms with Crippen LogP contribution in [0.3, 0.4) is 0 Å². The summed E-state index contributed by atoms with van der Waals surface area (Å²) in [4.78, 5) is 24.9. The Hall–Kier alpha value is -1.08. The monoisotopic (exact) mass is 260 g/mol. The van der Waals surface area contributed by atoms with Gasteiger partial charge >= 0.3 is 5.97 Å². The van der Waals surface area contributed by atoms with Crippen LogP contribution in [0.15, 0.2) is 11.6 Å². The molecule has 0 saturated carbocycles. The molecule has 0 aliphatic carbocycles. The Balaban J connectivity index is 2.18. The number of hydrogen-bond acceptors (Lipinski definition) is 5. The number of nitrogens with zero attached hydrogens (tertiary/aromatic N) is 1. The van der Waals surface area contributed by atoms with Crippen LogP contribution < -0.4 is 5.32 Å². The largest absolute Gasteiger partial charge is 0.480 e. The molecule has 1 unspecified atom stereocenters. The number of amides is 1. The maximum Gasteiger partial charge on any atom is 0.326 e. The Morgan fingerprint density at radius 2 is 2.56 bits per heavy atom. The second-order valence-electron chi connectivity index (χ2n) is 2.94. The molecule has 2 N–H and O–H groups in total. The lowest BCUT2D eigenvalue weighted by molar-refractivity contribution is -0.140. The molecule has 0 saturated heterocycles. The molecule has 1 aromatic heterocycles. The number of thioether (sulfide) groups is 1. The van der Waals surface area contributed by atoms with Crippen LogP contribution in [0.2, 0.25) is 0 Å². The average molecular weight is 260 g/mol. The summed E-state index contributed by atoms with van der Waals surface area (Å²) in [5, 5.41) is 14.0. The van der Waals surface area contributed by atoms with E-state index in [0.717, 1.165) is 10.8 Å². The molecule has 0 spiro atoms. The first-order chi connectivity index (χ1) is 7.74. The molecule has 0 aliphatic rings. The van der Waals surface area contributed by atoms with Gasteiger partial charge < -0.3 is 10.4 Å². The van der Waals surface area contributed by atoms with Gasteiger partial charge in [-0.05, 0) is 12.2 Å². The second kappa shape index (κ2) is 7.24. The van der Waals surface area contributed by atoms with E-state index in [2.05, 4.69) is 10.3 Å². The van der Waals surface area contributed by atoms with Crippen LogP contribution in [-0.4, -0.2) is 34.3 Å². The smallest absolute Gasteiger partial charge is 0.326 e. The first-order valence-corrected chi connectivity index (χ1v) is 6.66. The second-order valence-corrected chi connectivity index (χ2v) is 5.03. The van der Waals surface area contributed by atoms with E-state index in [1.807, 2.05) is 5.38 Å². The number of nitrogens with one attached hydrogen (secondary N) is 1. The van der Waals surface area contributed by atoms with Gasteiger partial charge in [-0.25, -0.2) is 9.78 Å². The summed E-state index contributed by atoms with van der Waals surface area (Å²) in [7, 11) is 0. The molecule has 0 aliphatic heterocycles. The Morgan fingerprint density at radius 3 is 3.12 bits per heavy atom. The predicted molar refractivity (Wildman–Crippen MR) is 63.5 cm³/mol. The number of carboxylic acid groups (broad SMARTS) is 1. The fraction of sp³-hybridized carbons (Fsp3) is 0.444. The van der Waals surface area contributed by atoms with Gasteiger partial charge in [0.25, 0.3) is 0 Å². The predicted octanol–water partition coefficient (Wildman–Crippen LogP) is 0.966. The first kappa shape index (κ1) is 13.0. The average Bonchev–Trinajstić information content (AvgIpc) is 2.75. The SMILES string of the molecule is O=CNC(CCSCc1nccs1)C(=O)O. The van der Waals surface area contributed by atoms with Gasteiger partial charge in [-0.3, -0.25) is 4.79 Å². The molecule has 16 heavy (non-hydrogen) atoms. The fourth-order valence-electron chi connectivity index (χ4n) is 1.05. The summed E-state index contributed by atoms with van der Waals surface area (Å²) in [6, 6.07) is -0.790. The summed E-state index contributed by atoms with van der Waals surface area (Å²) in [6.07, 6.45) is 2.59. The molecule has 1 heterocycles. The minimum Gasteiger partial charge on any atom is -0.480 e. The van der Waals surface area contributed by atoms with Crippen molar-refractivity contribution in [2.45, 2.75) is 18.2 Å². The third kappa shape index (κ3) is 4.63. The molecule has 1 aromatic rings. The van der Waals surface area contributed by atoms with E-state index in [1.54, 1.807) is 29.3 Å². The van der Waals surface area contributed by atoms with Crippen LogP contribution in [0.4, 0.5) is 0 Å². The number of aliphatic carboxylic acids is 1. The number of rotatable bonds is 8. The summed E-state index contributed by atoms with van der Waals surface area (Å²) in [6.45, 7) is 0. The third-order valence-corrected chi connectivity index (χ3v) is 3.79. The Morgan fingerprint density at radius 1 is 1.75 bits per heavy atom. The molecular formula is C9H12N2O3S2. The highest BCUT2D eigenvalue weighted by molar-refractivity contribution is 7.98. The van der Waals surface area contributed by atoms with Crippen LogP contribution >= 0.6 is 23.1 Å². The lowest BCUT2D eigenvalue weighted by atomic mass is 10.2. The van der Waals surface area contributed by atoms with E-state index >= 15 is 0 Å². The zero-order chi connectivity index (χ0) is 11.8. The molecule has 0 aromatic carbocycles. The van der Waals surface area contributed by atoms with Crippen molar-refractivity contribution in [3.05, 3.63) is 16.6 Å². The quantitative estimate of drug-likeness (QED) is 0.538. The van der Waals surface area contributed by atoms with Crippen LogP contribution in [-0.2, 0) is 15.3 Å². The Kier molecular flexibility index (Phi) is 5.87. The van der Waals surface area contributed by atoms with Crippen molar-refractivity contribution < 1.29 is 14.7 Å². The number of carbonyl (C=O) groups is 2. The van der Waals surface area contributed by atoms with Crippen LogP contribution in [0.25, 0.3) is 0 Å². The van der Waals surface area contributed by atoms with Gasteiger partial charge in [0.05, 0.1) is 0 Å². The van der Waals surface area contributed by atoms with E-state index < -0.39 is 12.0 Å². The number of thiazole rings is 1. The zero-order valence-corrected chi connectivity index (χ0v) is 10.1.